The number of aromatic nitrogens is 2. The van der Waals surface area contributed by atoms with Crippen LogP contribution in [0.4, 0.5) is 0 Å². The SMILES string of the molecule is Cc1nn(CC(C)C)c(C)c1CC(=O)N1CCC(C(C)N)CC1.Cl. The van der Waals surface area contributed by atoms with Gasteiger partial charge in [-0.25, -0.2) is 0 Å². The average Bonchev–Trinajstić information content (AvgIpc) is 2.74. The number of nitrogens with zero attached hydrogens (tertiary/aromatic N) is 3. The molecule has 1 aromatic rings. The summed E-state index contributed by atoms with van der Waals surface area (Å²) in [7, 11) is 0. The third kappa shape index (κ3) is 4.96. The molecule has 2 heterocycles. The van der Waals surface area contributed by atoms with Crippen LogP contribution in [-0.4, -0.2) is 39.7 Å². The quantitative estimate of drug-likeness (QED) is 0.882. The molecular formula is C18H33ClN4O. The number of carbonyl (C=O) groups excluding carboxylic acids is 1. The predicted octanol–water partition coefficient (Wildman–Crippen LogP) is 2.71. The van der Waals surface area contributed by atoms with Gasteiger partial charge in [0.1, 0.15) is 0 Å². The summed E-state index contributed by atoms with van der Waals surface area (Å²) in [6.45, 7) is 13.1. The zero-order chi connectivity index (χ0) is 17.1. The number of hydrogen-bond donors (Lipinski definition) is 1. The van der Waals surface area contributed by atoms with Crippen molar-refractivity contribution in [3.63, 3.8) is 0 Å². The van der Waals surface area contributed by atoms with Crippen molar-refractivity contribution in [3.05, 3.63) is 17.0 Å². The van der Waals surface area contributed by atoms with Gasteiger partial charge in [0.05, 0.1) is 12.1 Å². The zero-order valence-corrected chi connectivity index (χ0v) is 16.5. The van der Waals surface area contributed by atoms with Gasteiger partial charge in [0.25, 0.3) is 0 Å². The van der Waals surface area contributed by atoms with Gasteiger partial charge in [-0.05, 0) is 45.4 Å². The van der Waals surface area contributed by atoms with Crippen molar-refractivity contribution in [1.29, 1.82) is 0 Å². The Morgan fingerprint density at radius 2 is 1.83 bits per heavy atom. The van der Waals surface area contributed by atoms with Crippen LogP contribution < -0.4 is 5.73 Å². The monoisotopic (exact) mass is 356 g/mol. The van der Waals surface area contributed by atoms with Crippen molar-refractivity contribution in [1.82, 2.24) is 14.7 Å². The first-order valence-corrected chi connectivity index (χ1v) is 8.85. The minimum Gasteiger partial charge on any atom is -0.342 e. The van der Waals surface area contributed by atoms with E-state index in [0.717, 1.165) is 49.4 Å². The van der Waals surface area contributed by atoms with Gasteiger partial charge in [-0.2, -0.15) is 5.10 Å². The highest BCUT2D eigenvalue weighted by Gasteiger charge is 2.26. The van der Waals surface area contributed by atoms with Crippen LogP contribution in [0.3, 0.4) is 0 Å². The molecule has 0 bridgehead atoms. The van der Waals surface area contributed by atoms with Crippen LogP contribution in [0.25, 0.3) is 0 Å². The molecule has 1 unspecified atom stereocenters. The standard InChI is InChI=1S/C18H32N4O.ClH/c1-12(2)11-22-15(5)17(14(4)20-22)10-18(23)21-8-6-16(7-9-21)13(3)19;/h12-13,16H,6-11,19H2,1-5H3;1H. The molecule has 0 saturated carbocycles. The number of carbonyl (C=O) groups is 1. The Kier molecular flexibility index (Phi) is 7.74. The van der Waals surface area contributed by atoms with E-state index in [1.54, 1.807) is 0 Å². The second-order valence-corrected chi connectivity index (χ2v) is 7.48. The molecule has 1 saturated heterocycles. The van der Waals surface area contributed by atoms with Gasteiger partial charge in [-0.1, -0.05) is 13.8 Å². The number of halogens is 1. The molecule has 1 atom stereocenters. The van der Waals surface area contributed by atoms with Crippen molar-refractivity contribution >= 4 is 18.3 Å². The van der Waals surface area contributed by atoms with Crippen LogP contribution in [0.15, 0.2) is 0 Å². The van der Waals surface area contributed by atoms with Gasteiger partial charge in [0.2, 0.25) is 5.91 Å². The molecule has 0 spiro atoms. The first-order chi connectivity index (χ1) is 10.8. The molecule has 1 fully saturated rings. The fourth-order valence-corrected chi connectivity index (χ4v) is 3.45. The van der Waals surface area contributed by atoms with Crippen LogP contribution in [0.2, 0.25) is 0 Å². The molecule has 1 amide bonds. The lowest BCUT2D eigenvalue weighted by Crippen LogP contribution is -2.43. The summed E-state index contributed by atoms with van der Waals surface area (Å²) in [5.41, 5.74) is 9.20. The summed E-state index contributed by atoms with van der Waals surface area (Å²) < 4.78 is 2.05. The number of likely N-dealkylation sites (tertiary alicyclic amines) is 1. The number of piperidine rings is 1. The summed E-state index contributed by atoms with van der Waals surface area (Å²) >= 11 is 0. The summed E-state index contributed by atoms with van der Waals surface area (Å²) in [5, 5.41) is 4.61. The average molecular weight is 357 g/mol. The fraction of sp³-hybridized carbons (Fsp3) is 0.778. The molecule has 0 aliphatic carbocycles. The van der Waals surface area contributed by atoms with Gasteiger partial charge in [0, 0.05) is 36.9 Å². The Hall–Kier alpha value is -1.07. The summed E-state index contributed by atoms with van der Waals surface area (Å²) in [6.07, 6.45) is 2.51. The van der Waals surface area contributed by atoms with E-state index < -0.39 is 0 Å². The lowest BCUT2D eigenvalue weighted by molar-refractivity contribution is -0.131. The maximum atomic E-state index is 12.6. The van der Waals surface area contributed by atoms with E-state index >= 15 is 0 Å². The minimum absolute atomic E-state index is 0. The Balaban J connectivity index is 0.00000288. The maximum absolute atomic E-state index is 12.6. The number of amides is 1. The minimum atomic E-state index is 0. The number of aryl methyl sites for hydroxylation is 1. The van der Waals surface area contributed by atoms with Gasteiger partial charge < -0.3 is 10.6 Å². The highest BCUT2D eigenvalue weighted by molar-refractivity contribution is 5.85. The maximum Gasteiger partial charge on any atom is 0.227 e. The van der Waals surface area contributed by atoms with E-state index in [1.165, 1.54) is 0 Å². The Morgan fingerprint density at radius 3 is 2.33 bits per heavy atom. The molecule has 1 aromatic heterocycles. The molecule has 138 valence electrons. The molecule has 2 N–H and O–H groups in total. The van der Waals surface area contributed by atoms with Crippen LogP contribution >= 0.6 is 12.4 Å². The van der Waals surface area contributed by atoms with Gasteiger partial charge in [0.15, 0.2) is 0 Å². The lowest BCUT2D eigenvalue weighted by atomic mass is 9.90. The van der Waals surface area contributed by atoms with Gasteiger partial charge in [-0.3, -0.25) is 9.48 Å². The van der Waals surface area contributed by atoms with Crippen molar-refractivity contribution < 1.29 is 4.79 Å². The van der Waals surface area contributed by atoms with Crippen LogP contribution in [0.1, 0.15) is 50.6 Å². The van der Waals surface area contributed by atoms with E-state index in [-0.39, 0.29) is 24.4 Å². The highest BCUT2D eigenvalue weighted by atomic mass is 35.5. The van der Waals surface area contributed by atoms with Crippen molar-refractivity contribution in [2.45, 2.75) is 66.5 Å². The summed E-state index contributed by atoms with van der Waals surface area (Å²) in [5.74, 6) is 1.33. The number of hydrogen-bond acceptors (Lipinski definition) is 3. The second-order valence-electron chi connectivity index (χ2n) is 7.48. The summed E-state index contributed by atoms with van der Waals surface area (Å²) in [6, 6.07) is 0.228. The van der Waals surface area contributed by atoms with E-state index in [1.807, 2.05) is 16.5 Å². The second kappa shape index (κ2) is 8.86. The van der Waals surface area contributed by atoms with Crippen molar-refractivity contribution in [2.24, 2.45) is 17.6 Å². The van der Waals surface area contributed by atoms with Crippen molar-refractivity contribution in [2.75, 3.05) is 13.1 Å². The highest BCUT2D eigenvalue weighted by Crippen LogP contribution is 2.21. The van der Waals surface area contributed by atoms with E-state index in [2.05, 4.69) is 32.8 Å². The molecule has 24 heavy (non-hydrogen) atoms. The smallest absolute Gasteiger partial charge is 0.227 e. The molecule has 0 radical (unpaired) electrons. The van der Waals surface area contributed by atoms with Gasteiger partial charge >= 0.3 is 0 Å². The van der Waals surface area contributed by atoms with Crippen LogP contribution in [-0.2, 0) is 17.8 Å². The number of rotatable bonds is 5. The largest absolute Gasteiger partial charge is 0.342 e. The third-order valence-electron chi connectivity index (χ3n) is 5.03. The Bertz CT molecular complexity index is 545. The van der Waals surface area contributed by atoms with Crippen LogP contribution in [0, 0.1) is 25.7 Å². The predicted molar refractivity (Wildman–Crippen MR) is 100 cm³/mol. The molecular weight excluding hydrogens is 324 g/mol. The summed E-state index contributed by atoms with van der Waals surface area (Å²) in [4.78, 5) is 14.6. The number of nitrogens with two attached hydrogens (primary N) is 1. The Morgan fingerprint density at radius 1 is 1.25 bits per heavy atom. The van der Waals surface area contributed by atoms with Crippen LogP contribution in [0.5, 0.6) is 0 Å². The molecule has 2 rings (SSSR count). The van der Waals surface area contributed by atoms with E-state index in [4.69, 9.17) is 5.73 Å². The molecule has 5 nitrogen and oxygen atoms in total. The van der Waals surface area contributed by atoms with Gasteiger partial charge in [-0.15, -0.1) is 12.4 Å². The first-order valence-electron chi connectivity index (χ1n) is 8.85. The van der Waals surface area contributed by atoms with E-state index in [9.17, 15) is 4.79 Å². The topological polar surface area (TPSA) is 64.2 Å². The first kappa shape index (κ1) is 21.0. The zero-order valence-electron chi connectivity index (χ0n) is 15.7. The normalized spacial score (nSPS) is 17.0. The van der Waals surface area contributed by atoms with E-state index in [0.29, 0.717) is 18.3 Å². The molecule has 6 heteroatoms. The molecule has 1 aliphatic rings. The Labute approximate surface area is 152 Å². The molecule has 0 aromatic carbocycles. The fourth-order valence-electron chi connectivity index (χ4n) is 3.45. The lowest BCUT2D eigenvalue weighted by Gasteiger charge is -2.33. The third-order valence-corrected chi connectivity index (χ3v) is 5.03. The molecule has 1 aliphatic heterocycles. The van der Waals surface area contributed by atoms with Crippen molar-refractivity contribution in [3.8, 4) is 0 Å².